The van der Waals surface area contributed by atoms with Crippen molar-refractivity contribution in [1.82, 2.24) is 19.8 Å². The average molecular weight is 380 g/mol. The minimum atomic E-state index is -0.285. The van der Waals surface area contributed by atoms with Crippen molar-refractivity contribution in [2.24, 2.45) is 0 Å². The van der Waals surface area contributed by atoms with Crippen LogP contribution in [-0.2, 0) is 11.3 Å². The number of furan rings is 1. The summed E-state index contributed by atoms with van der Waals surface area (Å²) in [5.74, 6) is 0.653. The van der Waals surface area contributed by atoms with Gasteiger partial charge >= 0.3 is 0 Å². The molecule has 4 rings (SSSR count). The molecule has 1 saturated heterocycles. The van der Waals surface area contributed by atoms with Crippen molar-refractivity contribution < 1.29 is 9.21 Å². The van der Waals surface area contributed by atoms with Gasteiger partial charge in [-0.15, -0.1) is 0 Å². The second-order valence-corrected chi connectivity index (χ2v) is 7.10. The number of hydrogen-bond donors (Lipinski definition) is 1. The predicted molar refractivity (Wildman–Crippen MR) is 106 cm³/mol. The summed E-state index contributed by atoms with van der Waals surface area (Å²) >= 11 is 0. The van der Waals surface area contributed by atoms with Crippen LogP contribution in [0.5, 0.6) is 0 Å². The van der Waals surface area contributed by atoms with Crippen LogP contribution in [0, 0.1) is 0 Å². The highest BCUT2D eigenvalue weighted by Gasteiger charge is 2.25. The van der Waals surface area contributed by atoms with E-state index in [1.54, 1.807) is 12.3 Å². The van der Waals surface area contributed by atoms with Crippen LogP contribution < -0.4 is 10.9 Å². The molecule has 1 atom stereocenters. The van der Waals surface area contributed by atoms with Gasteiger partial charge in [0.25, 0.3) is 5.56 Å². The molecule has 1 N–H and O–H groups in total. The van der Waals surface area contributed by atoms with Crippen molar-refractivity contribution in [3.63, 3.8) is 0 Å². The van der Waals surface area contributed by atoms with Crippen LogP contribution in [0.1, 0.15) is 31.1 Å². The van der Waals surface area contributed by atoms with Crippen LogP contribution in [0.4, 0.5) is 0 Å². The number of rotatable bonds is 6. The smallest absolute Gasteiger partial charge is 0.269 e. The van der Waals surface area contributed by atoms with E-state index in [-0.39, 0.29) is 24.1 Å². The molecule has 0 saturated carbocycles. The summed E-state index contributed by atoms with van der Waals surface area (Å²) in [6, 6.07) is 11.1. The fourth-order valence-electron chi connectivity index (χ4n) is 3.81. The number of aromatic nitrogens is 2. The summed E-state index contributed by atoms with van der Waals surface area (Å²) in [6.07, 6.45) is 6.48. The van der Waals surface area contributed by atoms with Crippen molar-refractivity contribution in [3.8, 4) is 0 Å². The van der Waals surface area contributed by atoms with E-state index in [2.05, 4.69) is 15.2 Å². The summed E-state index contributed by atoms with van der Waals surface area (Å²) in [5.41, 5.74) is 1.06. The second kappa shape index (κ2) is 8.39. The Hall–Kier alpha value is -2.93. The third kappa shape index (κ3) is 3.99. The monoisotopic (exact) mass is 380 g/mol. The lowest BCUT2D eigenvalue weighted by atomic mass is 10.1. The highest BCUT2D eigenvalue weighted by Crippen LogP contribution is 2.24. The first kappa shape index (κ1) is 18.4. The minimum Gasteiger partial charge on any atom is -0.468 e. The summed E-state index contributed by atoms with van der Waals surface area (Å²) in [5, 5.41) is 2.99. The van der Waals surface area contributed by atoms with Gasteiger partial charge in [-0.2, -0.15) is 0 Å². The molecule has 3 heterocycles. The van der Waals surface area contributed by atoms with Crippen LogP contribution in [0.3, 0.4) is 0 Å². The zero-order chi connectivity index (χ0) is 19.3. The maximum absolute atomic E-state index is 12.6. The molecule has 1 aliphatic heterocycles. The summed E-state index contributed by atoms with van der Waals surface area (Å²) in [4.78, 5) is 31.4. The number of benzene rings is 1. The molecular formula is C21H24N4O3. The fourth-order valence-corrected chi connectivity index (χ4v) is 3.81. The minimum absolute atomic E-state index is 0.00477. The normalized spacial score (nSPS) is 16.1. The highest BCUT2D eigenvalue weighted by atomic mass is 16.3. The Morgan fingerprint density at radius 3 is 2.75 bits per heavy atom. The molecule has 1 aromatic carbocycles. The molecule has 0 radical (unpaired) electrons. The lowest BCUT2D eigenvalue weighted by Crippen LogP contribution is -2.41. The van der Waals surface area contributed by atoms with Gasteiger partial charge in [-0.1, -0.05) is 18.6 Å². The molecule has 28 heavy (non-hydrogen) atoms. The Bertz CT molecular complexity index is 990. The van der Waals surface area contributed by atoms with Crippen molar-refractivity contribution in [2.75, 3.05) is 19.6 Å². The maximum Gasteiger partial charge on any atom is 0.269 e. The molecule has 146 valence electrons. The number of nitrogens with one attached hydrogen (secondary N) is 1. The Morgan fingerprint density at radius 1 is 1.14 bits per heavy atom. The molecular weight excluding hydrogens is 356 g/mol. The summed E-state index contributed by atoms with van der Waals surface area (Å²) in [7, 11) is 0. The standard InChI is InChI=1S/C21H24N4O3/c26-20(15-25-17-8-3-2-7-16(17)22-14-21(25)27)23-13-18(19-9-6-12-28-19)24-10-4-1-5-11-24/h2-3,6-9,12,14,18H,1,4-5,10-11,13,15H2,(H,23,26). The van der Waals surface area contributed by atoms with Gasteiger partial charge in [0.2, 0.25) is 5.91 Å². The predicted octanol–water partition coefficient (Wildman–Crippen LogP) is 2.33. The SMILES string of the molecule is O=C(Cn1c(=O)cnc2ccccc21)NCC(c1ccco1)N1CCCCC1. The first-order chi connectivity index (χ1) is 13.7. The van der Waals surface area contributed by atoms with E-state index in [4.69, 9.17) is 4.42 Å². The number of amides is 1. The van der Waals surface area contributed by atoms with E-state index in [0.717, 1.165) is 31.7 Å². The molecule has 1 aliphatic rings. The van der Waals surface area contributed by atoms with Crippen molar-refractivity contribution in [2.45, 2.75) is 31.8 Å². The molecule has 1 amide bonds. The Balaban J connectivity index is 1.47. The lowest BCUT2D eigenvalue weighted by molar-refractivity contribution is -0.122. The molecule has 0 bridgehead atoms. The number of carbonyl (C=O) groups excluding carboxylic acids is 1. The van der Waals surface area contributed by atoms with E-state index < -0.39 is 0 Å². The third-order valence-corrected chi connectivity index (χ3v) is 5.25. The maximum atomic E-state index is 12.6. The van der Waals surface area contributed by atoms with Crippen molar-refractivity contribution >= 4 is 16.9 Å². The summed E-state index contributed by atoms with van der Waals surface area (Å²) < 4.78 is 7.08. The molecule has 0 spiro atoms. The second-order valence-electron chi connectivity index (χ2n) is 7.10. The number of carbonyl (C=O) groups is 1. The van der Waals surface area contributed by atoms with Crippen LogP contribution in [0.2, 0.25) is 0 Å². The average Bonchev–Trinajstić information content (AvgIpc) is 3.26. The first-order valence-electron chi connectivity index (χ1n) is 9.71. The summed E-state index contributed by atoms with van der Waals surface area (Å²) in [6.45, 7) is 2.40. The molecule has 1 unspecified atom stereocenters. The van der Waals surface area contributed by atoms with Gasteiger partial charge in [-0.3, -0.25) is 19.1 Å². The number of nitrogens with zero attached hydrogens (tertiary/aromatic N) is 3. The quantitative estimate of drug-likeness (QED) is 0.710. The van der Waals surface area contributed by atoms with Gasteiger partial charge in [-0.25, -0.2) is 4.98 Å². The van der Waals surface area contributed by atoms with Crippen LogP contribution in [0.15, 0.2) is 58.1 Å². The van der Waals surface area contributed by atoms with E-state index in [1.807, 2.05) is 30.3 Å². The van der Waals surface area contributed by atoms with Gasteiger partial charge in [0.15, 0.2) is 0 Å². The molecule has 2 aromatic heterocycles. The molecule has 3 aromatic rings. The number of likely N-dealkylation sites (tertiary alicyclic amines) is 1. The number of piperidine rings is 1. The van der Waals surface area contributed by atoms with Gasteiger partial charge in [0.05, 0.1) is 29.5 Å². The molecule has 0 aliphatic carbocycles. The van der Waals surface area contributed by atoms with Crippen LogP contribution >= 0.6 is 0 Å². The van der Waals surface area contributed by atoms with Gasteiger partial charge in [-0.05, 0) is 50.2 Å². The van der Waals surface area contributed by atoms with E-state index >= 15 is 0 Å². The third-order valence-electron chi connectivity index (χ3n) is 5.25. The fraction of sp³-hybridized carbons (Fsp3) is 0.381. The largest absolute Gasteiger partial charge is 0.468 e. The van der Waals surface area contributed by atoms with Crippen molar-refractivity contribution in [1.29, 1.82) is 0 Å². The topological polar surface area (TPSA) is 80.4 Å². The molecule has 7 heteroatoms. The molecule has 7 nitrogen and oxygen atoms in total. The first-order valence-corrected chi connectivity index (χ1v) is 9.71. The van der Waals surface area contributed by atoms with E-state index in [0.29, 0.717) is 17.6 Å². The zero-order valence-electron chi connectivity index (χ0n) is 15.7. The van der Waals surface area contributed by atoms with Crippen LogP contribution in [0.25, 0.3) is 11.0 Å². The Labute approximate surface area is 163 Å². The van der Waals surface area contributed by atoms with Gasteiger partial charge in [0, 0.05) is 6.54 Å². The van der Waals surface area contributed by atoms with E-state index in [1.165, 1.54) is 17.2 Å². The van der Waals surface area contributed by atoms with Crippen molar-refractivity contribution in [3.05, 3.63) is 65.0 Å². The van der Waals surface area contributed by atoms with Crippen LogP contribution in [-0.4, -0.2) is 40.0 Å². The number of para-hydroxylation sites is 2. The van der Waals surface area contributed by atoms with Gasteiger partial charge in [0.1, 0.15) is 12.3 Å². The lowest BCUT2D eigenvalue weighted by Gasteiger charge is -2.33. The Morgan fingerprint density at radius 2 is 1.96 bits per heavy atom. The van der Waals surface area contributed by atoms with E-state index in [9.17, 15) is 9.59 Å². The zero-order valence-corrected chi connectivity index (χ0v) is 15.7. The number of hydrogen-bond acceptors (Lipinski definition) is 5. The highest BCUT2D eigenvalue weighted by molar-refractivity contribution is 5.79. The Kier molecular flexibility index (Phi) is 5.53. The molecule has 1 fully saturated rings. The van der Waals surface area contributed by atoms with Gasteiger partial charge < -0.3 is 9.73 Å². The number of fused-ring (bicyclic) bond motifs is 1.